The maximum atomic E-state index is 13.3. The highest BCUT2D eigenvalue weighted by Crippen LogP contribution is 2.28. The van der Waals surface area contributed by atoms with Crippen LogP contribution in [0.15, 0.2) is 34.8 Å². The molecular formula is C16H16BrClFN. The van der Waals surface area contributed by atoms with Gasteiger partial charge >= 0.3 is 0 Å². The molecule has 2 aromatic rings. The zero-order valence-corrected chi connectivity index (χ0v) is 13.7. The molecule has 20 heavy (non-hydrogen) atoms. The Balaban J connectivity index is 2.28. The summed E-state index contributed by atoms with van der Waals surface area (Å²) in [5.74, 6) is -0.292. The van der Waals surface area contributed by atoms with Crippen molar-refractivity contribution < 1.29 is 4.39 Å². The van der Waals surface area contributed by atoms with E-state index in [0.717, 1.165) is 26.7 Å². The lowest BCUT2D eigenvalue weighted by molar-refractivity contribution is 0.622. The van der Waals surface area contributed by atoms with Gasteiger partial charge in [0.15, 0.2) is 0 Å². The van der Waals surface area contributed by atoms with E-state index in [1.54, 1.807) is 6.07 Å². The standard InChI is InChI=1S/C16H16BrClFN/c1-9-5-12(6-10(2)16(9)17)15(20)8-11-7-13(19)3-4-14(11)18/h3-7,15H,8,20H2,1-2H3. The van der Waals surface area contributed by atoms with E-state index >= 15 is 0 Å². The Labute approximate surface area is 132 Å². The molecule has 2 rings (SSSR count). The van der Waals surface area contributed by atoms with Crippen molar-refractivity contribution in [2.24, 2.45) is 5.73 Å². The Morgan fingerprint density at radius 3 is 2.40 bits per heavy atom. The van der Waals surface area contributed by atoms with Crippen molar-refractivity contribution in [1.29, 1.82) is 0 Å². The third-order valence-corrected chi connectivity index (χ3v) is 4.95. The molecule has 0 aliphatic heterocycles. The smallest absolute Gasteiger partial charge is 0.123 e. The first-order valence-corrected chi connectivity index (χ1v) is 7.51. The molecule has 0 spiro atoms. The summed E-state index contributed by atoms with van der Waals surface area (Å²) in [5.41, 5.74) is 10.3. The van der Waals surface area contributed by atoms with Gasteiger partial charge in [0.1, 0.15) is 5.82 Å². The summed E-state index contributed by atoms with van der Waals surface area (Å²) in [5, 5.41) is 0.549. The van der Waals surface area contributed by atoms with Crippen LogP contribution in [0.4, 0.5) is 4.39 Å². The maximum absolute atomic E-state index is 13.3. The van der Waals surface area contributed by atoms with Crippen molar-refractivity contribution >= 4 is 27.5 Å². The average Bonchev–Trinajstić information content (AvgIpc) is 2.39. The molecule has 2 N–H and O–H groups in total. The molecule has 0 saturated heterocycles. The van der Waals surface area contributed by atoms with Gasteiger partial charge in [-0.3, -0.25) is 0 Å². The summed E-state index contributed by atoms with van der Waals surface area (Å²) in [7, 11) is 0. The second kappa shape index (κ2) is 6.25. The Kier molecular flexibility index (Phi) is 4.84. The van der Waals surface area contributed by atoms with Gasteiger partial charge in [0.05, 0.1) is 0 Å². The van der Waals surface area contributed by atoms with E-state index in [-0.39, 0.29) is 11.9 Å². The number of rotatable bonds is 3. The number of hydrogen-bond acceptors (Lipinski definition) is 1. The normalized spacial score (nSPS) is 12.5. The van der Waals surface area contributed by atoms with Crippen LogP contribution in [0.1, 0.15) is 28.3 Å². The molecule has 0 saturated carbocycles. The SMILES string of the molecule is Cc1cc(C(N)Cc2cc(F)ccc2Cl)cc(C)c1Br. The van der Waals surface area contributed by atoms with Gasteiger partial charge in [-0.15, -0.1) is 0 Å². The van der Waals surface area contributed by atoms with Crippen molar-refractivity contribution in [3.05, 3.63) is 67.9 Å². The van der Waals surface area contributed by atoms with Gasteiger partial charge in [0.2, 0.25) is 0 Å². The average molecular weight is 357 g/mol. The molecule has 0 radical (unpaired) electrons. The molecule has 1 atom stereocenters. The summed E-state index contributed by atoms with van der Waals surface area (Å²) in [6, 6.07) is 8.26. The van der Waals surface area contributed by atoms with Crippen LogP contribution in [0.25, 0.3) is 0 Å². The molecule has 2 aromatic carbocycles. The Morgan fingerprint density at radius 2 is 1.80 bits per heavy atom. The zero-order valence-electron chi connectivity index (χ0n) is 11.4. The van der Waals surface area contributed by atoms with E-state index in [1.165, 1.54) is 12.1 Å². The van der Waals surface area contributed by atoms with Crippen LogP contribution in [0, 0.1) is 19.7 Å². The molecule has 0 bridgehead atoms. The molecular weight excluding hydrogens is 341 g/mol. The van der Waals surface area contributed by atoms with Gasteiger partial charge in [0.25, 0.3) is 0 Å². The van der Waals surface area contributed by atoms with E-state index in [9.17, 15) is 4.39 Å². The van der Waals surface area contributed by atoms with Crippen molar-refractivity contribution in [2.75, 3.05) is 0 Å². The van der Waals surface area contributed by atoms with Crippen molar-refractivity contribution in [1.82, 2.24) is 0 Å². The Morgan fingerprint density at radius 1 is 1.20 bits per heavy atom. The first-order valence-electron chi connectivity index (χ1n) is 6.34. The van der Waals surface area contributed by atoms with Crippen molar-refractivity contribution in [2.45, 2.75) is 26.3 Å². The van der Waals surface area contributed by atoms with E-state index in [1.807, 2.05) is 13.8 Å². The molecule has 1 unspecified atom stereocenters. The first kappa shape index (κ1) is 15.5. The maximum Gasteiger partial charge on any atom is 0.123 e. The molecule has 0 amide bonds. The van der Waals surface area contributed by atoms with E-state index in [2.05, 4.69) is 28.1 Å². The highest BCUT2D eigenvalue weighted by Gasteiger charge is 2.12. The monoisotopic (exact) mass is 355 g/mol. The number of benzene rings is 2. The molecule has 106 valence electrons. The highest BCUT2D eigenvalue weighted by atomic mass is 79.9. The van der Waals surface area contributed by atoms with Gasteiger partial charge in [0, 0.05) is 15.5 Å². The fraction of sp³-hybridized carbons (Fsp3) is 0.250. The van der Waals surface area contributed by atoms with Crippen molar-refractivity contribution in [3.63, 3.8) is 0 Å². The predicted octanol–water partition coefficient (Wildman–Crippen LogP) is 5.10. The molecule has 4 heteroatoms. The second-order valence-electron chi connectivity index (χ2n) is 5.02. The van der Waals surface area contributed by atoms with Crippen LogP contribution >= 0.6 is 27.5 Å². The predicted molar refractivity (Wildman–Crippen MR) is 85.7 cm³/mol. The Hall–Kier alpha value is -0.900. The quantitative estimate of drug-likeness (QED) is 0.813. The van der Waals surface area contributed by atoms with Crippen LogP contribution in [0.2, 0.25) is 5.02 Å². The molecule has 0 aliphatic carbocycles. The second-order valence-corrected chi connectivity index (χ2v) is 6.22. The van der Waals surface area contributed by atoms with Crippen molar-refractivity contribution in [3.8, 4) is 0 Å². The minimum atomic E-state index is -0.292. The van der Waals surface area contributed by atoms with Crippen LogP contribution in [-0.4, -0.2) is 0 Å². The lowest BCUT2D eigenvalue weighted by Gasteiger charge is -2.16. The molecule has 0 fully saturated rings. The van der Waals surface area contributed by atoms with Gasteiger partial charge < -0.3 is 5.73 Å². The number of halogens is 3. The largest absolute Gasteiger partial charge is 0.324 e. The lowest BCUT2D eigenvalue weighted by Crippen LogP contribution is -2.14. The third kappa shape index (κ3) is 3.40. The minimum absolute atomic E-state index is 0.209. The van der Waals surface area contributed by atoms with Gasteiger partial charge in [-0.25, -0.2) is 4.39 Å². The van der Waals surface area contributed by atoms with Crippen LogP contribution in [0.5, 0.6) is 0 Å². The number of hydrogen-bond donors (Lipinski definition) is 1. The van der Waals surface area contributed by atoms with Crippen LogP contribution in [-0.2, 0) is 6.42 Å². The summed E-state index contributed by atoms with van der Waals surface area (Å²) < 4.78 is 14.4. The first-order chi connectivity index (χ1) is 9.38. The van der Waals surface area contributed by atoms with Gasteiger partial charge in [-0.05, 0) is 60.7 Å². The summed E-state index contributed by atoms with van der Waals surface area (Å²) in [6.45, 7) is 4.06. The summed E-state index contributed by atoms with van der Waals surface area (Å²) in [6.07, 6.45) is 0.511. The molecule has 1 nitrogen and oxygen atoms in total. The summed E-state index contributed by atoms with van der Waals surface area (Å²) in [4.78, 5) is 0. The fourth-order valence-corrected chi connectivity index (χ4v) is 2.67. The molecule has 0 aliphatic rings. The number of aryl methyl sites for hydroxylation is 2. The minimum Gasteiger partial charge on any atom is -0.324 e. The van der Waals surface area contributed by atoms with Crippen LogP contribution < -0.4 is 5.73 Å². The zero-order chi connectivity index (χ0) is 14.9. The third-order valence-electron chi connectivity index (χ3n) is 3.33. The van der Waals surface area contributed by atoms with E-state index in [0.29, 0.717) is 11.4 Å². The van der Waals surface area contributed by atoms with E-state index < -0.39 is 0 Å². The van der Waals surface area contributed by atoms with Gasteiger partial charge in [-0.1, -0.05) is 39.7 Å². The fourth-order valence-electron chi connectivity index (χ4n) is 2.25. The van der Waals surface area contributed by atoms with Crippen LogP contribution in [0.3, 0.4) is 0 Å². The summed E-state index contributed by atoms with van der Waals surface area (Å²) >= 11 is 9.62. The highest BCUT2D eigenvalue weighted by molar-refractivity contribution is 9.10. The lowest BCUT2D eigenvalue weighted by atomic mass is 9.96. The Bertz CT molecular complexity index is 619. The number of nitrogens with two attached hydrogens (primary N) is 1. The molecule has 0 aromatic heterocycles. The topological polar surface area (TPSA) is 26.0 Å². The van der Waals surface area contributed by atoms with Gasteiger partial charge in [-0.2, -0.15) is 0 Å². The molecule has 0 heterocycles. The van der Waals surface area contributed by atoms with E-state index in [4.69, 9.17) is 17.3 Å².